The number of carbonyl (C=O) groups excluding carboxylic acids is 1. The van der Waals surface area contributed by atoms with Crippen LogP contribution in [0.3, 0.4) is 0 Å². The first kappa shape index (κ1) is 19.6. The summed E-state index contributed by atoms with van der Waals surface area (Å²) >= 11 is 7.95. The topological polar surface area (TPSA) is 52.6 Å². The number of carbonyl (C=O) groups is 1. The molecule has 1 aliphatic heterocycles. The minimum absolute atomic E-state index is 0.0430. The molecular weight excluding hydrogens is 344 g/mol. The molecule has 0 unspecified atom stereocenters. The largest absolute Gasteiger partial charge is 0.396 e. The third kappa shape index (κ3) is 5.96. The first-order chi connectivity index (χ1) is 11.6. The maximum atomic E-state index is 12.1. The van der Waals surface area contributed by atoms with Gasteiger partial charge in [0, 0.05) is 18.2 Å². The summed E-state index contributed by atoms with van der Waals surface area (Å²) in [6.07, 6.45) is 2.40. The van der Waals surface area contributed by atoms with Gasteiger partial charge in [-0.15, -0.1) is 0 Å². The van der Waals surface area contributed by atoms with Crippen LogP contribution in [0.25, 0.3) is 0 Å². The minimum Gasteiger partial charge on any atom is -0.396 e. The summed E-state index contributed by atoms with van der Waals surface area (Å²) in [5.74, 6) is 1.49. The van der Waals surface area contributed by atoms with E-state index >= 15 is 0 Å². The van der Waals surface area contributed by atoms with E-state index < -0.39 is 0 Å². The van der Waals surface area contributed by atoms with Gasteiger partial charge in [-0.1, -0.05) is 36.7 Å². The van der Waals surface area contributed by atoms with Gasteiger partial charge in [-0.2, -0.15) is 11.8 Å². The Hall–Kier alpha value is -0.750. The van der Waals surface area contributed by atoms with Crippen LogP contribution in [0.1, 0.15) is 31.4 Å². The highest BCUT2D eigenvalue weighted by atomic mass is 35.5. The van der Waals surface area contributed by atoms with Crippen molar-refractivity contribution in [3.05, 3.63) is 34.9 Å². The molecule has 2 atom stereocenters. The molecular formula is C18H27ClN2O2S. The van der Waals surface area contributed by atoms with Crippen LogP contribution >= 0.6 is 23.4 Å². The van der Waals surface area contributed by atoms with E-state index in [0.717, 1.165) is 29.4 Å². The van der Waals surface area contributed by atoms with E-state index in [1.165, 1.54) is 12.8 Å². The van der Waals surface area contributed by atoms with Gasteiger partial charge in [0.05, 0.1) is 11.8 Å². The number of hydrogen-bond acceptors (Lipinski definition) is 4. The van der Waals surface area contributed by atoms with Crippen LogP contribution in [0.2, 0.25) is 5.02 Å². The van der Waals surface area contributed by atoms with Gasteiger partial charge in [0.15, 0.2) is 0 Å². The molecule has 1 fully saturated rings. The van der Waals surface area contributed by atoms with Gasteiger partial charge in [-0.3, -0.25) is 9.69 Å². The second-order valence-corrected chi connectivity index (χ2v) is 7.82. The molecule has 1 heterocycles. The number of amides is 1. The van der Waals surface area contributed by atoms with Crippen molar-refractivity contribution in [3.8, 4) is 0 Å². The summed E-state index contributed by atoms with van der Waals surface area (Å²) in [6, 6.07) is 8.03. The third-order valence-corrected chi connectivity index (χ3v) is 5.90. The molecule has 24 heavy (non-hydrogen) atoms. The normalized spacial score (nSPS) is 17.6. The molecule has 0 aromatic heterocycles. The predicted molar refractivity (Wildman–Crippen MR) is 102 cm³/mol. The summed E-state index contributed by atoms with van der Waals surface area (Å²) in [4.78, 5) is 14.5. The molecule has 1 aromatic carbocycles. The van der Waals surface area contributed by atoms with Crippen molar-refractivity contribution < 1.29 is 9.90 Å². The van der Waals surface area contributed by atoms with Crippen molar-refractivity contribution in [3.63, 3.8) is 0 Å². The van der Waals surface area contributed by atoms with Crippen LogP contribution in [0.15, 0.2) is 24.3 Å². The Kier molecular flexibility index (Phi) is 8.39. The number of halogens is 1. The zero-order chi connectivity index (χ0) is 17.4. The van der Waals surface area contributed by atoms with Crippen molar-refractivity contribution in [1.82, 2.24) is 10.2 Å². The molecule has 0 bridgehead atoms. The second-order valence-electron chi connectivity index (χ2n) is 6.39. The molecule has 134 valence electrons. The average molecular weight is 371 g/mol. The van der Waals surface area contributed by atoms with Crippen molar-refractivity contribution in [2.75, 3.05) is 37.7 Å². The van der Waals surface area contributed by atoms with Gasteiger partial charge in [0.2, 0.25) is 5.91 Å². The lowest BCUT2D eigenvalue weighted by Gasteiger charge is -2.29. The first-order valence-corrected chi connectivity index (χ1v) is 10.1. The molecule has 1 saturated heterocycles. The van der Waals surface area contributed by atoms with Gasteiger partial charge in [0.1, 0.15) is 0 Å². The number of nitrogens with one attached hydrogen (secondary N) is 1. The van der Waals surface area contributed by atoms with Gasteiger partial charge < -0.3 is 10.4 Å². The fraction of sp³-hybridized carbons (Fsp3) is 0.611. The molecule has 0 aliphatic carbocycles. The number of nitrogens with zero attached hydrogens (tertiary/aromatic N) is 1. The Morgan fingerprint density at radius 1 is 1.38 bits per heavy atom. The zero-order valence-electron chi connectivity index (χ0n) is 14.2. The van der Waals surface area contributed by atoms with E-state index in [1.54, 1.807) is 11.8 Å². The van der Waals surface area contributed by atoms with Crippen molar-refractivity contribution in [2.24, 2.45) is 5.92 Å². The molecule has 0 spiro atoms. The van der Waals surface area contributed by atoms with Crippen LogP contribution in [0.5, 0.6) is 0 Å². The molecule has 1 amide bonds. The fourth-order valence-corrected chi connectivity index (χ4v) is 4.08. The van der Waals surface area contributed by atoms with Crippen molar-refractivity contribution in [1.29, 1.82) is 0 Å². The molecule has 1 aromatic rings. The molecule has 1 aliphatic rings. The van der Waals surface area contributed by atoms with Crippen LogP contribution < -0.4 is 5.32 Å². The van der Waals surface area contributed by atoms with Crippen LogP contribution in [-0.4, -0.2) is 53.7 Å². The number of rotatable bonds is 9. The molecule has 0 radical (unpaired) electrons. The van der Waals surface area contributed by atoms with E-state index in [9.17, 15) is 4.79 Å². The second kappa shape index (κ2) is 10.3. The number of aliphatic hydroxyl groups is 1. The molecule has 2 N–H and O–H groups in total. The number of likely N-dealkylation sites (tertiary alicyclic amines) is 1. The molecule has 4 nitrogen and oxygen atoms in total. The highest BCUT2D eigenvalue weighted by Crippen LogP contribution is 2.29. The van der Waals surface area contributed by atoms with Crippen LogP contribution in [-0.2, 0) is 4.79 Å². The van der Waals surface area contributed by atoms with Crippen molar-refractivity contribution in [2.45, 2.75) is 25.8 Å². The van der Waals surface area contributed by atoms with E-state index in [2.05, 4.69) is 16.3 Å². The Morgan fingerprint density at radius 2 is 2.08 bits per heavy atom. The lowest BCUT2D eigenvalue weighted by Crippen LogP contribution is -2.37. The number of aliphatic hydroxyl groups excluding tert-OH is 1. The Morgan fingerprint density at radius 3 is 2.75 bits per heavy atom. The Bertz CT molecular complexity index is 523. The maximum Gasteiger partial charge on any atom is 0.230 e. The molecule has 2 rings (SSSR count). The van der Waals surface area contributed by atoms with Crippen LogP contribution in [0.4, 0.5) is 0 Å². The lowest BCUT2D eigenvalue weighted by atomic mass is 10.1. The number of thioether (sulfide) groups is 1. The monoisotopic (exact) mass is 370 g/mol. The summed E-state index contributed by atoms with van der Waals surface area (Å²) in [5.41, 5.74) is 1.09. The molecule has 6 heteroatoms. The summed E-state index contributed by atoms with van der Waals surface area (Å²) in [6.45, 7) is 4.83. The smallest absolute Gasteiger partial charge is 0.230 e. The minimum atomic E-state index is 0.0430. The number of benzene rings is 1. The Balaban J connectivity index is 1.89. The standard InChI is InChI=1S/C18H27ClN2O2S/c1-14(11-22)12-24-13-18(23)20-10-17(21-8-4-5-9-21)15-6-2-3-7-16(15)19/h2-3,6-7,14,17,22H,4-5,8-13H2,1H3,(H,20,23)/t14-,17-/m0/s1. The van der Waals surface area contributed by atoms with E-state index in [1.807, 2.05) is 25.1 Å². The highest BCUT2D eigenvalue weighted by molar-refractivity contribution is 7.99. The third-order valence-electron chi connectivity index (χ3n) is 4.29. The lowest BCUT2D eigenvalue weighted by molar-refractivity contribution is -0.118. The summed E-state index contributed by atoms with van der Waals surface area (Å²) in [7, 11) is 0. The zero-order valence-corrected chi connectivity index (χ0v) is 15.8. The first-order valence-electron chi connectivity index (χ1n) is 8.55. The summed E-state index contributed by atoms with van der Waals surface area (Å²) < 4.78 is 0. The van der Waals surface area contributed by atoms with Gasteiger partial charge in [-0.05, 0) is 49.2 Å². The Labute approximate surface area is 153 Å². The maximum absolute atomic E-state index is 12.1. The van der Waals surface area contributed by atoms with E-state index in [4.69, 9.17) is 16.7 Å². The van der Waals surface area contributed by atoms with Gasteiger partial charge in [0.25, 0.3) is 0 Å². The quantitative estimate of drug-likeness (QED) is 0.701. The van der Waals surface area contributed by atoms with Crippen LogP contribution in [0, 0.1) is 5.92 Å². The molecule has 0 saturated carbocycles. The number of hydrogen-bond donors (Lipinski definition) is 2. The summed E-state index contributed by atoms with van der Waals surface area (Å²) in [5, 5.41) is 12.8. The van der Waals surface area contributed by atoms with Crippen molar-refractivity contribution >= 4 is 29.3 Å². The van der Waals surface area contributed by atoms with E-state index in [0.29, 0.717) is 12.3 Å². The average Bonchev–Trinajstić information content (AvgIpc) is 3.10. The van der Waals surface area contributed by atoms with E-state index in [-0.39, 0.29) is 24.5 Å². The highest BCUT2D eigenvalue weighted by Gasteiger charge is 2.25. The fourth-order valence-electron chi connectivity index (χ4n) is 2.90. The van der Waals surface area contributed by atoms with Gasteiger partial charge in [-0.25, -0.2) is 0 Å². The SMILES string of the molecule is C[C@@H](CO)CSCC(=O)NC[C@@H](c1ccccc1Cl)N1CCCC1. The van der Waals surface area contributed by atoms with Gasteiger partial charge >= 0.3 is 0 Å². The predicted octanol–water partition coefficient (Wildman–Crippen LogP) is 2.95.